The monoisotopic (exact) mass is 322 g/mol. The summed E-state index contributed by atoms with van der Waals surface area (Å²) >= 11 is 0. The molecule has 0 radical (unpaired) electrons. The Morgan fingerprint density at radius 3 is 2.62 bits per heavy atom. The molecule has 1 aromatic heterocycles. The van der Waals surface area contributed by atoms with Gasteiger partial charge in [-0.25, -0.2) is 0 Å². The minimum atomic E-state index is 0.257. The highest BCUT2D eigenvalue weighted by Crippen LogP contribution is 2.48. The van der Waals surface area contributed by atoms with Crippen LogP contribution in [0.2, 0.25) is 0 Å². The first-order chi connectivity index (χ1) is 11.8. The van der Waals surface area contributed by atoms with Crippen LogP contribution < -0.4 is 10.6 Å². The first-order valence-electron chi connectivity index (χ1n) is 8.79. The van der Waals surface area contributed by atoms with Crippen molar-refractivity contribution in [1.82, 2.24) is 15.6 Å². The summed E-state index contributed by atoms with van der Waals surface area (Å²) in [6.07, 6.45) is 7.13. The number of nitrogens with one attached hydrogen (secondary N) is 2. The third-order valence-electron chi connectivity index (χ3n) is 4.55. The molecule has 2 N–H and O–H groups in total. The van der Waals surface area contributed by atoms with Crippen molar-refractivity contribution in [3.63, 3.8) is 0 Å². The second-order valence-electron chi connectivity index (χ2n) is 6.38. The second-order valence-corrected chi connectivity index (χ2v) is 6.38. The van der Waals surface area contributed by atoms with Gasteiger partial charge in [0.25, 0.3) is 0 Å². The molecule has 126 valence electrons. The van der Waals surface area contributed by atoms with Crippen LogP contribution in [0.1, 0.15) is 30.9 Å². The average molecular weight is 322 g/mol. The van der Waals surface area contributed by atoms with Crippen molar-refractivity contribution in [2.45, 2.75) is 31.6 Å². The van der Waals surface area contributed by atoms with Gasteiger partial charge >= 0.3 is 0 Å². The van der Waals surface area contributed by atoms with Crippen LogP contribution in [0.15, 0.2) is 59.9 Å². The van der Waals surface area contributed by atoms with E-state index in [9.17, 15) is 0 Å². The zero-order valence-electron chi connectivity index (χ0n) is 14.3. The second kappa shape index (κ2) is 7.95. The first-order valence-corrected chi connectivity index (χ1v) is 8.79. The lowest BCUT2D eigenvalue weighted by Gasteiger charge is -2.16. The van der Waals surface area contributed by atoms with Crippen molar-refractivity contribution < 1.29 is 0 Å². The largest absolute Gasteiger partial charge is 0.357 e. The first kappa shape index (κ1) is 16.5. The Kier molecular flexibility index (Phi) is 5.47. The molecule has 1 aliphatic rings. The summed E-state index contributed by atoms with van der Waals surface area (Å²) in [5.74, 6) is 0.906. The zero-order valence-corrected chi connectivity index (χ0v) is 14.3. The summed E-state index contributed by atoms with van der Waals surface area (Å²) in [6.45, 7) is 4.68. The fourth-order valence-electron chi connectivity index (χ4n) is 2.92. The number of aliphatic imine (C=N–C) groups is 1. The third-order valence-corrected chi connectivity index (χ3v) is 4.55. The van der Waals surface area contributed by atoms with E-state index in [1.807, 2.05) is 12.3 Å². The van der Waals surface area contributed by atoms with Gasteiger partial charge in [0.1, 0.15) is 0 Å². The third kappa shape index (κ3) is 4.34. The Labute approximate surface area is 144 Å². The van der Waals surface area contributed by atoms with Crippen LogP contribution in [0, 0.1) is 0 Å². The Morgan fingerprint density at radius 2 is 1.96 bits per heavy atom. The summed E-state index contributed by atoms with van der Waals surface area (Å²) < 4.78 is 0. The van der Waals surface area contributed by atoms with Gasteiger partial charge in [0, 0.05) is 30.9 Å². The predicted octanol–water partition coefficient (Wildman–Crippen LogP) is 2.91. The maximum atomic E-state index is 4.83. The number of nitrogens with zero attached hydrogens (tertiary/aromatic N) is 2. The lowest BCUT2D eigenvalue weighted by Crippen LogP contribution is -2.39. The van der Waals surface area contributed by atoms with E-state index in [1.165, 1.54) is 24.0 Å². The van der Waals surface area contributed by atoms with Crippen LogP contribution in [-0.2, 0) is 11.8 Å². The summed E-state index contributed by atoms with van der Waals surface area (Å²) in [4.78, 5) is 8.99. The van der Waals surface area contributed by atoms with E-state index in [2.05, 4.69) is 58.9 Å². The molecule has 24 heavy (non-hydrogen) atoms. The van der Waals surface area contributed by atoms with Crippen molar-refractivity contribution in [2.75, 3.05) is 19.6 Å². The van der Waals surface area contributed by atoms with Gasteiger partial charge in [0.2, 0.25) is 0 Å². The van der Waals surface area contributed by atoms with Crippen LogP contribution in [-0.4, -0.2) is 30.6 Å². The molecule has 1 aliphatic carbocycles. The summed E-state index contributed by atoms with van der Waals surface area (Å²) in [5, 5.41) is 6.78. The van der Waals surface area contributed by atoms with Gasteiger partial charge in [0.05, 0.1) is 6.54 Å². The molecule has 0 unspecified atom stereocenters. The van der Waals surface area contributed by atoms with Crippen molar-refractivity contribution >= 4 is 5.96 Å². The van der Waals surface area contributed by atoms with Gasteiger partial charge in [-0.3, -0.25) is 9.98 Å². The van der Waals surface area contributed by atoms with Crippen molar-refractivity contribution in [3.05, 3.63) is 66.0 Å². The number of guanidine groups is 1. The predicted molar refractivity (Wildman–Crippen MR) is 99.3 cm³/mol. The fourth-order valence-corrected chi connectivity index (χ4v) is 2.92. The maximum Gasteiger partial charge on any atom is 0.191 e. The maximum absolute atomic E-state index is 4.83. The average Bonchev–Trinajstić information content (AvgIpc) is 3.43. The lowest BCUT2D eigenvalue weighted by molar-refractivity contribution is 0.692. The topological polar surface area (TPSA) is 49.3 Å². The van der Waals surface area contributed by atoms with Crippen LogP contribution >= 0.6 is 0 Å². The molecule has 0 atom stereocenters. The Balaban J connectivity index is 1.56. The van der Waals surface area contributed by atoms with Gasteiger partial charge in [-0.05, 0) is 43.4 Å². The highest BCUT2D eigenvalue weighted by atomic mass is 15.2. The van der Waals surface area contributed by atoms with Crippen LogP contribution in [0.4, 0.5) is 0 Å². The van der Waals surface area contributed by atoms with Crippen molar-refractivity contribution in [1.29, 1.82) is 0 Å². The summed E-state index contributed by atoms with van der Waals surface area (Å²) in [5.41, 5.74) is 2.91. The highest BCUT2D eigenvalue weighted by molar-refractivity contribution is 5.79. The lowest BCUT2D eigenvalue weighted by atomic mass is 9.96. The van der Waals surface area contributed by atoms with Crippen LogP contribution in [0.3, 0.4) is 0 Å². The molecule has 4 nitrogen and oxygen atoms in total. The molecule has 1 saturated carbocycles. The molecule has 0 amide bonds. The molecule has 1 aromatic carbocycles. The zero-order chi connectivity index (χ0) is 16.7. The van der Waals surface area contributed by atoms with E-state index >= 15 is 0 Å². The van der Waals surface area contributed by atoms with E-state index in [0.29, 0.717) is 0 Å². The number of hydrogen-bond donors (Lipinski definition) is 2. The summed E-state index contributed by atoms with van der Waals surface area (Å²) in [7, 11) is 0. The fraction of sp³-hybridized carbons (Fsp3) is 0.400. The number of pyridine rings is 1. The number of hydrogen-bond acceptors (Lipinski definition) is 2. The normalized spacial score (nSPS) is 15.8. The Morgan fingerprint density at radius 1 is 1.12 bits per heavy atom. The molecule has 0 spiro atoms. The van der Waals surface area contributed by atoms with E-state index < -0.39 is 0 Å². The van der Waals surface area contributed by atoms with Crippen LogP contribution in [0.25, 0.3) is 0 Å². The van der Waals surface area contributed by atoms with Crippen molar-refractivity contribution in [3.8, 4) is 0 Å². The number of rotatable bonds is 7. The molecule has 3 rings (SSSR count). The van der Waals surface area contributed by atoms with E-state index in [-0.39, 0.29) is 5.41 Å². The highest BCUT2D eigenvalue weighted by Gasteiger charge is 2.43. The standard InChI is InChI=1S/C20H26N4/c1-2-22-19(23-14-10-17-7-6-13-21-15-17)24-16-20(11-12-20)18-8-4-3-5-9-18/h3-9,13,15H,2,10-12,14,16H2,1H3,(H2,22,23,24). The molecular weight excluding hydrogens is 296 g/mol. The van der Waals surface area contributed by atoms with Gasteiger partial charge in [-0.15, -0.1) is 0 Å². The van der Waals surface area contributed by atoms with Gasteiger partial charge in [0.15, 0.2) is 5.96 Å². The minimum Gasteiger partial charge on any atom is -0.357 e. The molecule has 0 saturated heterocycles. The Hall–Kier alpha value is -2.36. The van der Waals surface area contributed by atoms with E-state index in [4.69, 9.17) is 4.99 Å². The quantitative estimate of drug-likeness (QED) is 0.609. The van der Waals surface area contributed by atoms with E-state index in [1.54, 1.807) is 6.20 Å². The molecule has 2 aromatic rings. The Bertz CT molecular complexity index is 648. The smallest absolute Gasteiger partial charge is 0.191 e. The minimum absolute atomic E-state index is 0.257. The number of benzene rings is 1. The molecule has 1 fully saturated rings. The number of aromatic nitrogens is 1. The molecular formula is C20H26N4. The van der Waals surface area contributed by atoms with Crippen LogP contribution in [0.5, 0.6) is 0 Å². The molecule has 0 aliphatic heterocycles. The molecule has 1 heterocycles. The van der Waals surface area contributed by atoms with Gasteiger partial charge in [-0.1, -0.05) is 36.4 Å². The van der Waals surface area contributed by atoms with E-state index in [0.717, 1.165) is 32.0 Å². The van der Waals surface area contributed by atoms with Crippen molar-refractivity contribution in [2.24, 2.45) is 4.99 Å². The molecule has 0 bridgehead atoms. The van der Waals surface area contributed by atoms with Gasteiger partial charge < -0.3 is 10.6 Å². The molecule has 4 heteroatoms. The summed E-state index contributed by atoms with van der Waals surface area (Å²) in [6, 6.07) is 14.9. The van der Waals surface area contributed by atoms with Gasteiger partial charge in [-0.2, -0.15) is 0 Å². The SMILES string of the molecule is CCNC(=NCC1(c2ccccc2)CC1)NCCc1cccnc1.